The van der Waals surface area contributed by atoms with Crippen LogP contribution in [0, 0.1) is 0 Å². The van der Waals surface area contributed by atoms with Gasteiger partial charge in [-0.05, 0) is 35.4 Å². The van der Waals surface area contributed by atoms with Crippen LogP contribution in [0.1, 0.15) is 33.9 Å². The second-order valence-electron chi connectivity index (χ2n) is 9.16. The number of methoxy groups -OCH3 is 2. The van der Waals surface area contributed by atoms with Crippen molar-refractivity contribution in [3.63, 3.8) is 0 Å². The molecule has 0 saturated heterocycles. The van der Waals surface area contributed by atoms with E-state index in [4.69, 9.17) is 30.5 Å². The number of ether oxygens (including phenoxy) is 4. The summed E-state index contributed by atoms with van der Waals surface area (Å²) < 4.78 is 23.8. The molecule has 3 heterocycles. The molecule has 0 aromatic heterocycles. The van der Waals surface area contributed by atoms with Crippen LogP contribution in [0.4, 0.5) is 0 Å². The lowest BCUT2D eigenvalue weighted by atomic mass is 9.80. The van der Waals surface area contributed by atoms with Crippen molar-refractivity contribution in [2.45, 2.75) is 32.0 Å². The minimum Gasteiger partial charge on any atom is -0.493 e. The quantitative estimate of drug-likeness (QED) is 0.481. The van der Waals surface area contributed by atoms with Crippen LogP contribution in [0.15, 0.2) is 48.5 Å². The highest BCUT2D eigenvalue weighted by Gasteiger charge is 2.48. The Balaban J connectivity index is 1.52. The van der Waals surface area contributed by atoms with Crippen LogP contribution in [0.5, 0.6) is 23.0 Å². The van der Waals surface area contributed by atoms with E-state index in [2.05, 4.69) is 30.3 Å². The molecule has 2 unspecified atom stereocenters. The molecule has 33 heavy (non-hydrogen) atoms. The Labute approximate surface area is 199 Å². The molecule has 0 bridgehead atoms. The average molecular weight is 465 g/mol. The predicted molar refractivity (Wildman–Crippen MR) is 126 cm³/mol. The van der Waals surface area contributed by atoms with Gasteiger partial charge in [0, 0.05) is 29.0 Å². The molecule has 0 aliphatic carbocycles. The molecule has 0 N–H and O–H groups in total. The standard InChI is InChI=1S/C27H27ClNO4/c1-30-24-8-7-17-11-23-20-13-26-25(32-16-33-26)12-18(20)9-10-29(23,15-21(17)27(24)31-2)14-19-5-3-4-6-22(19)28/h3-8,12-13,23H,9-11,14-16H2,1-2H3/q+1. The summed E-state index contributed by atoms with van der Waals surface area (Å²) in [5.41, 5.74) is 6.46. The SMILES string of the molecule is COc1ccc2c(c1OC)C[N+]1(Cc3ccccc3Cl)CCc3cc4c(cc3C1C2)OCO4. The summed E-state index contributed by atoms with van der Waals surface area (Å²) in [5.74, 6) is 3.35. The third-order valence-electron chi connectivity index (χ3n) is 7.56. The lowest BCUT2D eigenvalue weighted by molar-refractivity contribution is -0.985. The van der Waals surface area contributed by atoms with Gasteiger partial charge in [0.2, 0.25) is 6.79 Å². The molecule has 2 atom stereocenters. The molecule has 6 rings (SSSR count). The largest absolute Gasteiger partial charge is 0.493 e. The van der Waals surface area contributed by atoms with Crippen LogP contribution >= 0.6 is 11.6 Å². The maximum absolute atomic E-state index is 6.66. The van der Waals surface area contributed by atoms with Crippen molar-refractivity contribution in [3.05, 3.63) is 81.4 Å². The Morgan fingerprint density at radius 1 is 1.00 bits per heavy atom. The summed E-state index contributed by atoms with van der Waals surface area (Å²) in [6, 6.07) is 17.1. The van der Waals surface area contributed by atoms with Gasteiger partial charge in [-0.2, -0.15) is 0 Å². The van der Waals surface area contributed by atoms with Crippen LogP contribution < -0.4 is 18.9 Å². The molecule has 0 spiro atoms. The number of quaternary nitrogens is 1. The summed E-state index contributed by atoms with van der Waals surface area (Å²) in [6.07, 6.45) is 1.90. The van der Waals surface area contributed by atoms with Crippen LogP contribution in [0.3, 0.4) is 0 Å². The van der Waals surface area contributed by atoms with E-state index >= 15 is 0 Å². The van der Waals surface area contributed by atoms with E-state index < -0.39 is 0 Å². The number of nitrogens with zero attached hydrogens (tertiary/aromatic N) is 1. The average Bonchev–Trinajstić information content (AvgIpc) is 3.30. The second kappa shape index (κ2) is 7.86. The first-order valence-electron chi connectivity index (χ1n) is 11.4. The molecular weight excluding hydrogens is 438 g/mol. The summed E-state index contributed by atoms with van der Waals surface area (Å²) in [6.45, 7) is 3.03. The summed E-state index contributed by atoms with van der Waals surface area (Å²) >= 11 is 6.66. The molecule has 170 valence electrons. The van der Waals surface area contributed by atoms with Crippen LogP contribution in [0.2, 0.25) is 5.02 Å². The van der Waals surface area contributed by atoms with Crippen molar-refractivity contribution in [1.29, 1.82) is 0 Å². The Morgan fingerprint density at radius 3 is 2.61 bits per heavy atom. The highest BCUT2D eigenvalue weighted by Crippen LogP contribution is 2.51. The Morgan fingerprint density at radius 2 is 1.82 bits per heavy atom. The monoisotopic (exact) mass is 464 g/mol. The van der Waals surface area contributed by atoms with E-state index in [1.165, 1.54) is 27.8 Å². The van der Waals surface area contributed by atoms with Crippen LogP contribution in [0.25, 0.3) is 0 Å². The molecule has 3 aromatic carbocycles. The normalized spacial score (nSPS) is 22.2. The zero-order valence-electron chi connectivity index (χ0n) is 18.9. The Hall–Kier alpha value is -2.89. The fourth-order valence-corrected chi connectivity index (χ4v) is 6.14. The predicted octanol–water partition coefficient (Wildman–Crippen LogP) is 5.46. The van der Waals surface area contributed by atoms with Gasteiger partial charge in [0.15, 0.2) is 23.0 Å². The third kappa shape index (κ3) is 3.25. The number of benzene rings is 3. The molecule has 0 fully saturated rings. The number of hydrogen-bond acceptors (Lipinski definition) is 4. The maximum Gasteiger partial charge on any atom is 0.231 e. The third-order valence-corrected chi connectivity index (χ3v) is 7.92. The zero-order valence-corrected chi connectivity index (χ0v) is 19.7. The molecular formula is C27H27ClNO4+. The van der Waals surface area contributed by atoms with Crippen molar-refractivity contribution >= 4 is 11.6 Å². The van der Waals surface area contributed by atoms with Crippen molar-refractivity contribution in [1.82, 2.24) is 0 Å². The molecule has 3 aliphatic heterocycles. The molecule has 3 aliphatic rings. The van der Waals surface area contributed by atoms with Crippen LogP contribution in [-0.2, 0) is 25.9 Å². The highest BCUT2D eigenvalue weighted by atomic mass is 35.5. The summed E-state index contributed by atoms with van der Waals surface area (Å²) in [7, 11) is 3.43. The lowest BCUT2D eigenvalue weighted by Gasteiger charge is -2.51. The van der Waals surface area contributed by atoms with Crippen molar-refractivity contribution in [2.24, 2.45) is 0 Å². The zero-order chi connectivity index (χ0) is 22.6. The second-order valence-corrected chi connectivity index (χ2v) is 9.57. The van der Waals surface area contributed by atoms with Gasteiger partial charge in [0.25, 0.3) is 0 Å². The van der Waals surface area contributed by atoms with Gasteiger partial charge < -0.3 is 23.4 Å². The van der Waals surface area contributed by atoms with E-state index in [1.54, 1.807) is 14.2 Å². The highest BCUT2D eigenvalue weighted by molar-refractivity contribution is 6.31. The molecule has 0 amide bonds. The van der Waals surface area contributed by atoms with E-state index in [0.717, 1.165) is 65.0 Å². The van der Waals surface area contributed by atoms with Gasteiger partial charge in [-0.15, -0.1) is 0 Å². The first-order valence-corrected chi connectivity index (χ1v) is 11.7. The smallest absolute Gasteiger partial charge is 0.231 e. The number of fused-ring (bicyclic) bond motifs is 5. The van der Waals surface area contributed by atoms with E-state index in [1.807, 2.05) is 18.2 Å². The molecule has 5 nitrogen and oxygen atoms in total. The fraction of sp³-hybridized carbons (Fsp3) is 0.333. The van der Waals surface area contributed by atoms with Gasteiger partial charge in [-0.3, -0.25) is 0 Å². The molecule has 6 heteroatoms. The topological polar surface area (TPSA) is 36.9 Å². The lowest BCUT2D eigenvalue weighted by Crippen LogP contribution is -2.55. The maximum atomic E-state index is 6.66. The minimum atomic E-state index is 0.294. The van der Waals surface area contributed by atoms with Crippen LogP contribution in [-0.4, -0.2) is 32.0 Å². The first-order chi connectivity index (χ1) is 16.1. The first kappa shape index (κ1) is 20.7. The van der Waals surface area contributed by atoms with Gasteiger partial charge in [-0.25, -0.2) is 0 Å². The summed E-state index contributed by atoms with van der Waals surface area (Å²) in [5, 5.41) is 0.823. The van der Waals surface area contributed by atoms with E-state index in [9.17, 15) is 0 Å². The Bertz CT molecular complexity index is 1240. The molecule has 0 saturated carbocycles. The van der Waals surface area contributed by atoms with Crippen molar-refractivity contribution in [2.75, 3.05) is 27.6 Å². The van der Waals surface area contributed by atoms with Gasteiger partial charge >= 0.3 is 0 Å². The van der Waals surface area contributed by atoms with Gasteiger partial charge in [-0.1, -0.05) is 35.9 Å². The Kier molecular flexibility index (Phi) is 4.93. The molecule has 3 aromatic rings. The number of hydrogen-bond donors (Lipinski definition) is 0. The van der Waals surface area contributed by atoms with E-state index in [-0.39, 0.29) is 0 Å². The molecule has 0 radical (unpaired) electrons. The van der Waals surface area contributed by atoms with Gasteiger partial charge in [0.05, 0.1) is 26.3 Å². The van der Waals surface area contributed by atoms with Crippen molar-refractivity contribution in [3.8, 4) is 23.0 Å². The van der Waals surface area contributed by atoms with Crippen molar-refractivity contribution < 1.29 is 23.4 Å². The number of rotatable bonds is 4. The minimum absolute atomic E-state index is 0.294. The summed E-state index contributed by atoms with van der Waals surface area (Å²) in [4.78, 5) is 0. The number of halogens is 1. The van der Waals surface area contributed by atoms with Gasteiger partial charge in [0.1, 0.15) is 19.1 Å². The fourth-order valence-electron chi connectivity index (χ4n) is 5.94. The van der Waals surface area contributed by atoms with E-state index in [0.29, 0.717) is 12.8 Å².